The maximum atomic E-state index is 11.6. The number of sulfonamides is 1. The number of aryl methyl sites for hydroxylation is 2. The normalized spacial score (nSPS) is 13.6. The summed E-state index contributed by atoms with van der Waals surface area (Å²) in [4.78, 5) is 0.0701. The van der Waals surface area contributed by atoms with E-state index in [0.717, 1.165) is 44.9 Å². The average molecular weight is 422 g/mol. The standard InChI is InChI=1S/C24H23NO4S/c1-15-12-19(13-16(2)23(15)28-3)21-14-18-6-4-5-7-22(18)29-24(21)17-8-10-20(11-9-17)30(25,26)27/h4-13H,14H2,1-3H3,(H2,25,26,27). The monoisotopic (exact) mass is 421 g/mol. The van der Waals surface area contributed by atoms with Crippen LogP contribution < -0.4 is 14.6 Å². The van der Waals surface area contributed by atoms with Gasteiger partial charge in [-0.2, -0.15) is 0 Å². The van der Waals surface area contributed by atoms with Gasteiger partial charge in [0, 0.05) is 17.6 Å². The van der Waals surface area contributed by atoms with Crippen molar-refractivity contribution < 1.29 is 17.9 Å². The predicted octanol–water partition coefficient (Wildman–Crippen LogP) is 4.46. The molecule has 4 rings (SSSR count). The minimum absolute atomic E-state index is 0.0701. The fourth-order valence-corrected chi connectivity index (χ4v) is 4.42. The van der Waals surface area contributed by atoms with Crippen LogP contribution in [0, 0.1) is 13.8 Å². The molecule has 2 N–H and O–H groups in total. The van der Waals surface area contributed by atoms with E-state index >= 15 is 0 Å². The van der Waals surface area contributed by atoms with Crippen LogP contribution >= 0.6 is 0 Å². The summed E-state index contributed by atoms with van der Waals surface area (Å²) in [7, 11) is -2.08. The highest BCUT2D eigenvalue weighted by atomic mass is 32.2. The second-order valence-electron chi connectivity index (χ2n) is 7.41. The van der Waals surface area contributed by atoms with Gasteiger partial charge in [0.15, 0.2) is 0 Å². The Hall–Kier alpha value is -3.09. The van der Waals surface area contributed by atoms with Crippen molar-refractivity contribution in [2.45, 2.75) is 25.2 Å². The lowest BCUT2D eigenvalue weighted by atomic mass is 9.90. The Morgan fingerprint density at radius 2 is 1.57 bits per heavy atom. The number of para-hydroxylation sites is 1. The van der Waals surface area contributed by atoms with E-state index in [1.807, 2.05) is 32.0 Å². The van der Waals surface area contributed by atoms with E-state index in [1.54, 1.807) is 19.2 Å². The molecule has 3 aromatic rings. The van der Waals surface area contributed by atoms with Gasteiger partial charge in [-0.15, -0.1) is 0 Å². The molecule has 0 saturated carbocycles. The topological polar surface area (TPSA) is 78.6 Å². The van der Waals surface area contributed by atoms with Crippen LogP contribution in [0.5, 0.6) is 11.5 Å². The van der Waals surface area contributed by atoms with E-state index in [9.17, 15) is 8.42 Å². The first kappa shape index (κ1) is 20.2. The van der Waals surface area contributed by atoms with Crippen LogP contribution in [-0.2, 0) is 16.4 Å². The van der Waals surface area contributed by atoms with Gasteiger partial charge in [0.25, 0.3) is 0 Å². The number of primary sulfonamides is 1. The van der Waals surface area contributed by atoms with Gasteiger partial charge < -0.3 is 9.47 Å². The van der Waals surface area contributed by atoms with Crippen molar-refractivity contribution >= 4 is 21.4 Å². The lowest BCUT2D eigenvalue weighted by Gasteiger charge is -2.25. The zero-order chi connectivity index (χ0) is 21.5. The van der Waals surface area contributed by atoms with Crippen LogP contribution in [0.2, 0.25) is 0 Å². The molecule has 0 fully saturated rings. The minimum Gasteiger partial charge on any atom is -0.496 e. The number of hydrogen-bond donors (Lipinski definition) is 1. The molecule has 0 atom stereocenters. The summed E-state index contributed by atoms with van der Waals surface area (Å²) >= 11 is 0. The predicted molar refractivity (Wildman–Crippen MR) is 118 cm³/mol. The van der Waals surface area contributed by atoms with E-state index in [1.165, 1.54) is 12.1 Å². The largest absolute Gasteiger partial charge is 0.496 e. The number of ether oxygens (including phenoxy) is 2. The Balaban J connectivity index is 1.89. The molecule has 1 aliphatic rings. The Labute approximate surface area is 176 Å². The van der Waals surface area contributed by atoms with Crippen molar-refractivity contribution in [1.82, 2.24) is 0 Å². The van der Waals surface area contributed by atoms with Gasteiger partial charge in [0.1, 0.15) is 17.3 Å². The molecule has 0 aliphatic carbocycles. The lowest BCUT2D eigenvalue weighted by molar-refractivity contribution is 0.408. The van der Waals surface area contributed by atoms with Crippen molar-refractivity contribution in [2.24, 2.45) is 5.14 Å². The summed E-state index contributed by atoms with van der Waals surface area (Å²) in [6.07, 6.45) is 0.702. The summed E-state index contributed by atoms with van der Waals surface area (Å²) in [5, 5.41) is 5.24. The fourth-order valence-electron chi connectivity index (χ4n) is 3.90. The van der Waals surface area contributed by atoms with Gasteiger partial charge in [-0.1, -0.05) is 18.2 Å². The first-order chi connectivity index (χ1) is 14.3. The number of benzene rings is 3. The summed E-state index contributed by atoms with van der Waals surface area (Å²) in [6.45, 7) is 4.04. The second kappa shape index (κ2) is 7.63. The number of hydrogen-bond acceptors (Lipinski definition) is 4. The van der Waals surface area contributed by atoms with E-state index in [4.69, 9.17) is 14.6 Å². The Morgan fingerprint density at radius 1 is 0.933 bits per heavy atom. The zero-order valence-electron chi connectivity index (χ0n) is 17.1. The highest BCUT2D eigenvalue weighted by Crippen LogP contribution is 2.40. The van der Waals surface area contributed by atoms with Crippen molar-refractivity contribution in [3.63, 3.8) is 0 Å². The van der Waals surface area contributed by atoms with Crippen LogP contribution in [0.1, 0.15) is 27.8 Å². The maximum Gasteiger partial charge on any atom is 0.238 e. The second-order valence-corrected chi connectivity index (χ2v) is 8.97. The van der Waals surface area contributed by atoms with Crippen molar-refractivity contribution in [3.8, 4) is 11.5 Å². The molecule has 0 amide bonds. The third kappa shape index (κ3) is 3.72. The van der Waals surface area contributed by atoms with Crippen LogP contribution in [-0.4, -0.2) is 15.5 Å². The highest BCUT2D eigenvalue weighted by Gasteiger charge is 2.23. The molecule has 30 heavy (non-hydrogen) atoms. The van der Waals surface area contributed by atoms with Gasteiger partial charge in [0.2, 0.25) is 10.0 Å². The SMILES string of the molecule is COc1c(C)cc(C2=C(c3ccc(S(N)(=O)=O)cc3)Oc3ccccc3C2)cc1C. The molecule has 0 bridgehead atoms. The lowest BCUT2D eigenvalue weighted by Crippen LogP contribution is -2.13. The van der Waals surface area contributed by atoms with Gasteiger partial charge in [-0.25, -0.2) is 13.6 Å². The smallest absolute Gasteiger partial charge is 0.238 e. The number of methoxy groups -OCH3 is 1. The quantitative estimate of drug-likeness (QED) is 0.674. The summed E-state index contributed by atoms with van der Waals surface area (Å²) in [5.41, 5.74) is 6.06. The summed E-state index contributed by atoms with van der Waals surface area (Å²) in [5.74, 6) is 2.38. The maximum absolute atomic E-state index is 11.6. The van der Waals surface area contributed by atoms with Crippen LogP contribution in [0.4, 0.5) is 0 Å². The molecule has 6 heteroatoms. The Morgan fingerprint density at radius 3 is 2.17 bits per heavy atom. The summed E-state index contributed by atoms with van der Waals surface area (Å²) < 4.78 is 35.1. The summed E-state index contributed by atoms with van der Waals surface area (Å²) in [6, 6.07) is 18.6. The molecule has 0 aromatic heterocycles. The van der Waals surface area contributed by atoms with Crippen LogP contribution in [0.3, 0.4) is 0 Å². The molecule has 1 aliphatic heterocycles. The van der Waals surface area contributed by atoms with Crippen molar-refractivity contribution in [2.75, 3.05) is 7.11 Å². The van der Waals surface area contributed by atoms with Gasteiger partial charge in [-0.05, 0) is 78.6 Å². The molecule has 5 nitrogen and oxygen atoms in total. The van der Waals surface area contributed by atoms with Crippen LogP contribution in [0.15, 0.2) is 65.6 Å². The molecule has 0 unspecified atom stereocenters. The van der Waals surface area contributed by atoms with Gasteiger partial charge >= 0.3 is 0 Å². The van der Waals surface area contributed by atoms with Gasteiger partial charge in [-0.3, -0.25) is 0 Å². The molecule has 0 spiro atoms. The van der Waals surface area contributed by atoms with E-state index in [2.05, 4.69) is 18.2 Å². The van der Waals surface area contributed by atoms with Crippen molar-refractivity contribution in [1.29, 1.82) is 0 Å². The van der Waals surface area contributed by atoms with E-state index in [0.29, 0.717) is 12.2 Å². The number of allylic oxidation sites excluding steroid dienone is 1. The van der Waals surface area contributed by atoms with E-state index < -0.39 is 10.0 Å². The zero-order valence-corrected chi connectivity index (χ0v) is 17.9. The fraction of sp³-hybridized carbons (Fsp3) is 0.167. The molecular formula is C24H23NO4S. The molecule has 0 radical (unpaired) electrons. The third-order valence-electron chi connectivity index (χ3n) is 5.28. The molecular weight excluding hydrogens is 398 g/mol. The van der Waals surface area contributed by atoms with Gasteiger partial charge in [0.05, 0.1) is 12.0 Å². The molecule has 0 saturated heterocycles. The third-order valence-corrected chi connectivity index (χ3v) is 6.21. The number of fused-ring (bicyclic) bond motifs is 1. The Bertz CT molecular complexity index is 1240. The number of nitrogens with two attached hydrogens (primary N) is 1. The first-order valence-corrected chi connectivity index (χ1v) is 11.1. The Kier molecular flexibility index (Phi) is 5.13. The average Bonchev–Trinajstić information content (AvgIpc) is 2.72. The minimum atomic E-state index is -3.75. The molecule has 3 aromatic carbocycles. The molecule has 154 valence electrons. The highest BCUT2D eigenvalue weighted by molar-refractivity contribution is 7.89. The molecule has 1 heterocycles. The first-order valence-electron chi connectivity index (χ1n) is 9.55. The van der Waals surface area contributed by atoms with Crippen LogP contribution in [0.25, 0.3) is 11.3 Å². The van der Waals surface area contributed by atoms with Crippen molar-refractivity contribution in [3.05, 3.63) is 88.5 Å². The number of rotatable bonds is 4. The van der Waals surface area contributed by atoms with E-state index in [-0.39, 0.29) is 4.90 Å².